The van der Waals surface area contributed by atoms with Gasteiger partial charge in [0.1, 0.15) is 28.2 Å². The third-order valence-electron chi connectivity index (χ3n) is 7.08. The number of carbonyl (C=O) groups is 1. The van der Waals surface area contributed by atoms with Crippen molar-refractivity contribution in [3.63, 3.8) is 0 Å². The molecule has 0 saturated heterocycles. The molecule has 12 heteroatoms. The molecule has 230 valence electrons. The van der Waals surface area contributed by atoms with Gasteiger partial charge in [0, 0.05) is 35.5 Å². The van der Waals surface area contributed by atoms with Crippen LogP contribution in [-0.2, 0) is 17.2 Å². The normalized spacial score (nSPS) is 10.8. The summed E-state index contributed by atoms with van der Waals surface area (Å²) >= 11 is 6.68. The SMILES string of the molecule is CCOC(=O)c1c(-c2ccc3nsnc3c2)c2cc([N+](=O)[O-])ccc2n1Cc1ccc(OC)cc1.COc1ccc(CCl)cc1. The number of halogens is 1. The molecule has 0 aliphatic heterocycles. The fourth-order valence-electron chi connectivity index (χ4n) is 4.89. The number of aromatic nitrogens is 3. The molecule has 0 N–H and O–H groups in total. The summed E-state index contributed by atoms with van der Waals surface area (Å²) in [5.74, 6) is 1.64. The Kier molecular flexibility index (Phi) is 9.91. The highest BCUT2D eigenvalue weighted by Crippen LogP contribution is 2.39. The predicted octanol–water partition coefficient (Wildman–Crippen LogP) is 7.89. The molecule has 0 aliphatic rings. The smallest absolute Gasteiger partial charge is 0.355 e. The number of rotatable bonds is 9. The number of fused-ring (bicyclic) bond motifs is 2. The van der Waals surface area contributed by atoms with Gasteiger partial charge in [-0.15, -0.1) is 11.6 Å². The van der Waals surface area contributed by atoms with Crippen molar-refractivity contribution in [2.45, 2.75) is 19.3 Å². The number of methoxy groups -OCH3 is 2. The molecular weight excluding hydrogens is 616 g/mol. The van der Waals surface area contributed by atoms with E-state index in [1.165, 1.54) is 12.1 Å². The zero-order valence-electron chi connectivity index (χ0n) is 24.7. The molecule has 45 heavy (non-hydrogen) atoms. The van der Waals surface area contributed by atoms with Gasteiger partial charge in [0.15, 0.2) is 0 Å². The summed E-state index contributed by atoms with van der Waals surface area (Å²) in [7, 11) is 3.25. The van der Waals surface area contributed by atoms with Crippen LogP contribution >= 0.6 is 23.3 Å². The van der Waals surface area contributed by atoms with Gasteiger partial charge in [0.25, 0.3) is 5.69 Å². The van der Waals surface area contributed by atoms with E-state index < -0.39 is 10.9 Å². The lowest BCUT2D eigenvalue weighted by Crippen LogP contribution is -2.14. The molecule has 0 aliphatic carbocycles. The van der Waals surface area contributed by atoms with E-state index in [1.54, 1.807) is 27.2 Å². The largest absolute Gasteiger partial charge is 0.497 e. The van der Waals surface area contributed by atoms with Crippen LogP contribution < -0.4 is 9.47 Å². The molecule has 4 aromatic carbocycles. The molecule has 2 heterocycles. The van der Waals surface area contributed by atoms with Gasteiger partial charge >= 0.3 is 5.97 Å². The van der Waals surface area contributed by atoms with E-state index in [0.717, 1.165) is 39.9 Å². The molecule has 10 nitrogen and oxygen atoms in total. The molecule has 0 radical (unpaired) electrons. The summed E-state index contributed by atoms with van der Waals surface area (Å²) in [6.45, 7) is 2.29. The first kappa shape index (κ1) is 31.4. The number of nitro benzene ring substituents is 1. The summed E-state index contributed by atoms with van der Waals surface area (Å²) < 4.78 is 26.1. The van der Waals surface area contributed by atoms with Crippen molar-refractivity contribution < 1.29 is 23.9 Å². The summed E-state index contributed by atoms with van der Waals surface area (Å²) in [6.07, 6.45) is 0. The molecule has 0 amide bonds. The predicted molar refractivity (Wildman–Crippen MR) is 176 cm³/mol. The molecule has 0 atom stereocenters. The molecule has 0 fully saturated rings. The summed E-state index contributed by atoms with van der Waals surface area (Å²) in [5.41, 5.74) is 5.67. The lowest BCUT2D eigenvalue weighted by atomic mass is 10.0. The number of ether oxygens (including phenoxy) is 3. The number of hydrogen-bond donors (Lipinski definition) is 0. The minimum atomic E-state index is -0.508. The standard InChI is InChI=1S/C25H20N4O5S.C8H9ClO/c1-3-34-25(30)24-23(16-6-10-20-21(12-16)27-35-26-20)19-13-17(29(31)32)7-11-22(19)28(24)14-15-4-8-18(33-2)9-5-15;1-10-8-4-2-7(6-9)3-5-8/h4-13H,3,14H2,1-2H3;2-5H,6H2,1H3. The zero-order chi connectivity index (χ0) is 31.9. The van der Waals surface area contributed by atoms with Crippen LogP contribution in [0.25, 0.3) is 33.1 Å². The quantitative estimate of drug-likeness (QED) is 0.0675. The molecule has 0 spiro atoms. The first-order valence-electron chi connectivity index (χ1n) is 13.9. The van der Waals surface area contributed by atoms with Gasteiger partial charge in [0.2, 0.25) is 0 Å². The fraction of sp³-hybridized carbons (Fsp3) is 0.182. The van der Waals surface area contributed by atoms with Gasteiger partial charge in [-0.2, -0.15) is 8.75 Å². The zero-order valence-corrected chi connectivity index (χ0v) is 26.3. The molecule has 6 rings (SSSR count). The van der Waals surface area contributed by atoms with Crippen LogP contribution in [0.2, 0.25) is 0 Å². The Morgan fingerprint density at radius 3 is 2.13 bits per heavy atom. The van der Waals surface area contributed by atoms with Gasteiger partial charge in [-0.05, 0) is 66.1 Å². The summed E-state index contributed by atoms with van der Waals surface area (Å²) in [4.78, 5) is 24.5. The van der Waals surface area contributed by atoms with Crippen LogP contribution in [0.15, 0.2) is 84.9 Å². The highest BCUT2D eigenvalue weighted by Gasteiger charge is 2.27. The van der Waals surface area contributed by atoms with Gasteiger partial charge in [-0.25, -0.2) is 4.79 Å². The fourth-order valence-corrected chi connectivity index (χ4v) is 5.59. The number of esters is 1. The monoisotopic (exact) mass is 644 g/mol. The van der Waals surface area contributed by atoms with Crippen LogP contribution in [0.1, 0.15) is 28.5 Å². The molecule has 0 unspecified atom stereocenters. The van der Waals surface area contributed by atoms with Gasteiger partial charge < -0.3 is 18.8 Å². The minimum Gasteiger partial charge on any atom is -0.497 e. The second kappa shape index (κ2) is 14.2. The third-order valence-corrected chi connectivity index (χ3v) is 7.95. The van der Waals surface area contributed by atoms with Crippen LogP contribution in [0.5, 0.6) is 11.5 Å². The van der Waals surface area contributed by atoms with Gasteiger partial charge in [-0.1, -0.05) is 30.3 Å². The second-order valence-corrected chi connectivity index (χ2v) is 10.6. The van der Waals surface area contributed by atoms with Crippen molar-refractivity contribution in [1.29, 1.82) is 0 Å². The Hall–Kier alpha value is -5.00. The van der Waals surface area contributed by atoms with Crippen molar-refractivity contribution in [2.75, 3.05) is 20.8 Å². The van der Waals surface area contributed by atoms with E-state index in [9.17, 15) is 14.9 Å². The summed E-state index contributed by atoms with van der Waals surface area (Å²) in [6, 6.07) is 25.4. The Bertz CT molecular complexity index is 1930. The van der Waals surface area contributed by atoms with Crippen molar-refractivity contribution in [1.82, 2.24) is 13.3 Å². The first-order valence-corrected chi connectivity index (χ1v) is 15.2. The number of nitrogens with zero attached hydrogens (tertiary/aromatic N) is 4. The van der Waals surface area contributed by atoms with Gasteiger partial charge in [0.05, 0.1) is 43.0 Å². The average Bonchev–Trinajstić information content (AvgIpc) is 3.67. The lowest BCUT2D eigenvalue weighted by molar-refractivity contribution is -0.384. The number of benzene rings is 4. The van der Waals surface area contributed by atoms with Crippen molar-refractivity contribution in [3.05, 3.63) is 112 Å². The van der Waals surface area contributed by atoms with Gasteiger partial charge in [-0.3, -0.25) is 10.1 Å². The lowest BCUT2D eigenvalue weighted by Gasteiger charge is -2.12. The van der Waals surface area contributed by atoms with E-state index >= 15 is 0 Å². The average molecular weight is 645 g/mol. The number of alkyl halides is 1. The van der Waals surface area contributed by atoms with E-state index in [4.69, 9.17) is 25.8 Å². The molecule has 2 aromatic heterocycles. The first-order chi connectivity index (χ1) is 21.9. The van der Waals surface area contributed by atoms with Crippen LogP contribution in [0.3, 0.4) is 0 Å². The third kappa shape index (κ3) is 6.89. The van der Waals surface area contributed by atoms with E-state index in [2.05, 4.69) is 8.75 Å². The van der Waals surface area contributed by atoms with Crippen molar-refractivity contribution in [3.8, 4) is 22.6 Å². The van der Waals surface area contributed by atoms with Crippen LogP contribution in [0, 0.1) is 10.1 Å². The van der Waals surface area contributed by atoms with Crippen LogP contribution in [0.4, 0.5) is 5.69 Å². The topological polar surface area (TPSA) is 119 Å². The number of hydrogen-bond acceptors (Lipinski definition) is 9. The minimum absolute atomic E-state index is 0.0628. The molecule has 0 bridgehead atoms. The number of non-ortho nitro benzene ring substituents is 1. The maximum absolute atomic E-state index is 13.3. The summed E-state index contributed by atoms with van der Waals surface area (Å²) in [5, 5.41) is 12.2. The van der Waals surface area contributed by atoms with E-state index in [0.29, 0.717) is 45.7 Å². The Labute approximate surface area is 268 Å². The maximum Gasteiger partial charge on any atom is 0.355 e. The number of carbonyl (C=O) groups excluding carboxylic acids is 1. The highest BCUT2D eigenvalue weighted by atomic mass is 35.5. The Morgan fingerprint density at radius 2 is 1.53 bits per heavy atom. The Balaban J connectivity index is 0.000000342. The number of nitro groups is 1. The molecule has 0 saturated carbocycles. The van der Waals surface area contributed by atoms with Crippen molar-refractivity contribution in [2.24, 2.45) is 0 Å². The highest BCUT2D eigenvalue weighted by molar-refractivity contribution is 7.00. The van der Waals surface area contributed by atoms with Crippen molar-refractivity contribution >= 4 is 56.9 Å². The van der Waals surface area contributed by atoms with E-state index in [1.807, 2.05) is 71.3 Å². The van der Waals surface area contributed by atoms with E-state index in [-0.39, 0.29) is 12.3 Å². The van der Waals surface area contributed by atoms with Crippen LogP contribution in [-0.4, -0.2) is 45.0 Å². The maximum atomic E-state index is 13.3. The Morgan fingerprint density at radius 1 is 0.889 bits per heavy atom. The second-order valence-electron chi connectivity index (χ2n) is 9.79. The molecule has 6 aromatic rings. The molecular formula is C33H29ClN4O6S.